The van der Waals surface area contributed by atoms with Crippen LogP contribution in [0.3, 0.4) is 0 Å². The fourth-order valence-electron chi connectivity index (χ4n) is 1.88. The van der Waals surface area contributed by atoms with Crippen LogP contribution in [0.15, 0.2) is 0 Å². The Morgan fingerprint density at radius 3 is 2.60 bits per heavy atom. The Balaban J connectivity index is 2.98. The van der Waals surface area contributed by atoms with Crippen molar-refractivity contribution in [2.45, 2.75) is 31.1 Å². The quantitative estimate of drug-likeness (QED) is 0.580. The number of ether oxygens (including phenoxy) is 2. The molecule has 0 aromatic carbocycles. The Hall–Kier alpha value is 0.250. The first kappa shape index (κ1) is 16.6. The van der Waals surface area contributed by atoms with Crippen LogP contribution in [0.5, 0.6) is 0 Å². The summed E-state index contributed by atoms with van der Waals surface area (Å²) in [6.07, 6.45) is 1.38. The maximum absolute atomic E-state index is 11.1. The standard InChI is InChI=1S/C10H22O8P2/c1-10(5-6-20(12,13)14)9(8(15-2)7-17-10)18-19(4,11)16-3/h8-9,11H,4-7H2,1-3H3,(H2,12,13,14)/t8?,9-,10+,19?/m1/s1/i1D. The zero-order chi connectivity index (χ0) is 16.3. The molecule has 0 aromatic heterocycles. The predicted molar refractivity (Wildman–Crippen MR) is 74.8 cm³/mol. The van der Waals surface area contributed by atoms with Crippen LogP contribution in [0.4, 0.5) is 0 Å². The molecule has 0 amide bonds. The van der Waals surface area contributed by atoms with Crippen molar-refractivity contribution in [3.05, 3.63) is 0 Å². The number of hydrogen-bond donors (Lipinski definition) is 3. The Kier molecular flexibility index (Phi) is 5.46. The topological polar surface area (TPSA) is 115 Å². The van der Waals surface area contributed by atoms with Gasteiger partial charge in [0.05, 0.1) is 18.4 Å². The first-order chi connectivity index (χ1) is 9.59. The maximum atomic E-state index is 11.1. The van der Waals surface area contributed by atoms with E-state index in [1.54, 1.807) is 0 Å². The monoisotopic (exact) mass is 333 g/mol. The summed E-state index contributed by atoms with van der Waals surface area (Å²) in [5.41, 5.74) is -1.29. The molecule has 4 atom stereocenters. The summed E-state index contributed by atoms with van der Waals surface area (Å²) in [5, 5.41) is 0. The highest BCUT2D eigenvalue weighted by atomic mass is 31.2. The van der Waals surface area contributed by atoms with Crippen molar-refractivity contribution < 1.29 is 39.1 Å². The molecule has 20 heavy (non-hydrogen) atoms. The Bertz CT molecular complexity index is 441. The van der Waals surface area contributed by atoms with E-state index < -0.39 is 39.1 Å². The van der Waals surface area contributed by atoms with Crippen LogP contribution in [0.1, 0.15) is 14.7 Å². The number of hydrogen-bond acceptors (Lipinski definition) is 6. The molecular formula is C10H22O8P2. The summed E-state index contributed by atoms with van der Waals surface area (Å²) in [4.78, 5) is 27.9. The molecule has 0 aromatic rings. The normalized spacial score (nSPS) is 34.8. The summed E-state index contributed by atoms with van der Waals surface area (Å²) in [5.74, 6) is 0. The minimum atomic E-state index is -4.25. The summed E-state index contributed by atoms with van der Waals surface area (Å²) in [6, 6.07) is 0. The van der Waals surface area contributed by atoms with Gasteiger partial charge in [-0.1, -0.05) is 0 Å². The molecule has 1 heterocycles. The van der Waals surface area contributed by atoms with E-state index in [-0.39, 0.29) is 19.9 Å². The Morgan fingerprint density at radius 2 is 2.15 bits per heavy atom. The zero-order valence-electron chi connectivity index (χ0n) is 12.5. The van der Waals surface area contributed by atoms with Gasteiger partial charge < -0.3 is 33.2 Å². The number of methoxy groups -OCH3 is 1. The van der Waals surface area contributed by atoms with E-state index in [1.165, 1.54) is 14.2 Å². The van der Waals surface area contributed by atoms with Crippen LogP contribution in [0, 0.1) is 0 Å². The molecular weight excluding hydrogens is 310 g/mol. The van der Waals surface area contributed by atoms with Crippen molar-refractivity contribution in [1.29, 1.82) is 0 Å². The highest BCUT2D eigenvalue weighted by Gasteiger charge is 2.50. The van der Waals surface area contributed by atoms with E-state index >= 15 is 0 Å². The van der Waals surface area contributed by atoms with Crippen molar-refractivity contribution in [2.24, 2.45) is 0 Å². The van der Waals surface area contributed by atoms with Gasteiger partial charge in [-0.15, -0.1) is 0 Å². The van der Waals surface area contributed by atoms with E-state index in [4.69, 9.17) is 29.7 Å². The summed E-state index contributed by atoms with van der Waals surface area (Å²) in [6.45, 7) is -0.216. The van der Waals surface area contributed by atoms with Gasteiger partial charge in [-0.05, 0) is 19.6 Å². The molecule has 0 saturated carbocycles. The first-order valence-corrected chi connectivity index (χ1v) is 9.36. The third kappa shape index (κ3) is 4.91. The molecule has 0 radical (unpaired) electrons. The average Bonchev–Trinajstić information content (AvgIpc) is 2.74. The lowest BCUT2D eigenvalue weighted by molar-refractivity contribution is -0.0493. The number of rotatable bonds is 7. The summed E-state index contributed by atoms with van der Waals surface area (Å²) >= 11 is 0. The SMILES string of the molecule is [2H]C[C@@]1(CCP(=O)(O)O)OCC(OC)[C@H]1OP(=C)(O)OC. The second-order valence-corrected chi connectivity index (χ2v) is 8.26. The lowest BCUT2D eigenvalue weighted by atomic mass is 9.95. The lowest BCUT2D eigenvalue weighted by Crippen LogP contribution is -2.43. The molecule has 3 N–H and O–H groups in total. The maximum Gasteiger partial charge on any atom is 0.325 e. The van der Waals surface area contributed by atoms with Crippen molar-refractivity contribution >= 4 is 21.5 Å². The molecule has 1 aliphatic heterocycles. The third-order valence-corrected chi connectivity index (χ3v) is 5.02. The summed E-state index contributed by atoms with van der Waals surface area (Å²) < 4.78 is 39.7. The first-order valence-electron chi connectivity index (χ1n) is 6.51. The van der Waals surface area contributed by atoms with Crippen LogP contribution >= 0.6 is 15.2 Å². The van der Waals surface area contributed by atoms with Crippen LogP contribution in [-0.4, -0.2) is 65.8 Å². The van der Waals surface area contributed by atoms with E-state index in [9.17, 15) is 9.46 Å². The smallest absolute Gasteiger partial charge is 0.325 e. The minimum Gasteiger partial charge on any atom is -0.376 e. The van der Waals surface area contributed by atoms with Gasteiger partial charge in [0.1, 0.15) is 12.2 Å². The molecule has 120 valence electrons. The third-order valence-electron chi connectivity index (χ3n) is 3.08. The van der Waals surface area contributed by atoms with E-state index in [1.807, 2.05) is 0 Å². The molecule has 1 aliphatic rings. The van der Waals surface area contributed by atoms with Crippen LogP contribution < -0.4 is 0 Å². The average molecular weight is 333 g/mol. The van der Waals surface area contributed by atoms with Crippen LogP contribution in [0.25, 0.3) is 0 Å². The fraction of sp³-hybridized carbons (Fsp3) is 0.900. The predicted octanol–water partition coefficient (Wildman–Crippen LogP) is 0.577. The largest absolute Gasteiger partial charge is 0.376 e. The van der Waals surface area contributed by atoms with Crippen molar-refractivity contribution in [1.82, 2.24) is 0 Å². The molecule has 2 unspecified atom stereocenters. The van der Waals surface area contributed by atoms with Gasteiger partial charge in [0, 0.05) is 15.6 Å². The Morgan fingerprint density at radius 1 is 1.50 bits per heavy atom. The molecule has 8 nitrogen and oxygen atoms in total. The van der Waals surface area contributed by atoms with Crippen molar-refractivity contribution in [2.75, 3.05) is 27.0 Å². The van der Waals surface area contributed by atoms with Crippen molar-refractivity contribution in [3.63, 3.8) is 0 Å². The van der Waals surface area contributed by atoms with Gasteiger partial charge in [-0.3, -0.25) is 4.57 Å². The second-order valence-electron chi connectivity index (χ2n) is 4.63. The van der Waals surface area contributed by atoms with Gasteiger partial charge in [-0.2, -0.15) is 0 Å². The highest BCUT2D eigenvalue weighted by molar-refractivity contribution is 7.58. The zero-order valence-corrected chi connectivity index (χ0v) is 13.3. The molecule has 0 bridgehead atoms. The molecule has 10 heteroatoms. The highest BCUT2D eigenvalue weighted by Crippen LogP contribution is 2.49. The minimum absolute atomic E-state index is 0.0882. The second kappa shape index (κ2) is 6.57. The van der Waals surface area contributed by atoms with Crippen molar-refractivity contribution in [3.8, 4) is 0 Å². The van der Waals surface area contributed by atoms with Gasteiger partial charge in [-0.25, -0.2) is 0 Å². The molecule has 1 saturated heterocycles. The van der Waals surface area contributed by atoms with Crippen LogP contribution in [-0.2, 0) is 23.1 Å². The molecule has 1 fully saturated rings. The molecule has 1 rings (SSSR count). The van der Waals surface area contributed by atoms with E-state index in [2.05, 4.69) is 6.30 Å². The molecule has 0 spiro atoms. The Labute approximate surface area is 119 Å². The summed E-state index contributed by atoms with van der Waals surface area (Å²) in [7, 11) is -4.96. The van der Waals surface area contributed by atoms with E-state index in [0.29, 0.717) is 0 Å². The van der Waals surface area contributed by atoms with Gasteiger partial charge in [0.2, 0.25) is 7.57 Å². The lowest BCUT2D eigenvalue weighted by Gasteiger charge is -2.34. The van der Waals surface area contributed by atoms with Gasteiger partial charge >= 0.3 is 7.60 Å². The molecule has 0 aliphatic carbocycles. The fourth-order valence-corrected chi connectivity index (χ4v) is 3.32. The van der Waals surface area contributed by atoms with E-state index in [0.717, 1.165) is 0 Å². The van der Waals surface area contributed by atoms with Gasteiger partial charge in [0.15, 0.2) is 0 Å². The van der Waals surface area contributed by atoms with Gasteiger partial charge in [0.25, 0.3) is 0 Å². The van der Waals surface area contributed by atoms with Crippen LogP contribution in [0.2, 0.25) is 0 Å².